The molecule has 6 heteroatoms. The second-order valence-electron chi connectivity index (χ2n) is 6.64. The minimum Gasteiger partial charge on any atom is -0.454 e. The van der Waals surface area contributed by atoms with Crippen molar-refractivity contribution >= 4 is 22.6 Å². The van der Waals surface area contributed by atoms with E-state index in [1.54, 1.807) is 30.1 Å². The van der Waals surface area contributed by atoms with E-state index in [4.69, 9.17) is 9.47 Å². The molecule has 4 rings (SSSR count). The number of nitrogens with zero attached hydrogens (tertiary/aromatic N) is 1. The first-order chi connectivity index (χ1) is 13.6. The minimum absolute atomic E-state index is 0.0749. The van der Waals surface area contributed by atoms with Crippen molar-refractivity contribution in [2.24, 2.45) is 0 Å². The lowest BCUT2D eigenvalue weighted by Crippen LogP contribution is -2.37. The first kappa shape index (κ1) is 17.9. The highest BCUT2D eigenvalue weighted by Crippen LogP contribution is 2.32. The molecular weight excluding hydrogens is 356 g/mol. The van der Waals surface area contributed by atoms with Gasteiger partial charge in [0.1, 0.15) is 0 Å². The van der Waals surface area contributed by atoms with E-state index >= 15 is 0 Å². The van der Waals surface area contributed by atoms with Crippen LogP contribution >= 0.6 is 0 Å². The lowest BCUT2D eigenvalue weighted by molar-refractivity contribution is -0.129. The van der Waals surface area contributed by atoms with Gasteiger partial charge in [-0.3, -0.25) is 9.59 Å². The van der Waals surface area contributed by atoms with Gasteiger partial charge in [0.2, 0.25) is 12.7 Å². The van der Waals surface area contributed by atoms with Crippen molar-refractivity contribution in [3.05, 3.63) is 71.8 Å². The number of carbonyl (C=O) groups excluding carboxylic acids is 2. The zero-order chi connectivity index (χ0) is 19.5. The summed E-state index contributed by atoms with van der Waals surface area (Å²) in [6.07, 6.45) is 0. The number of carbonyl (C=O) groups is 2. The lowest BCUT2D eigenvalue weighted by Gasteiger charge is -2.19. The molecule has 0 aromatic heterocycles. The molecule has 0 aliphatic carbocycles. The van der Waals surface area contributed by atoms with Crippen molar-refractivity contribution in [2.75, 3.05) is 20.4 Å². The highest BCUT2D eigenvalue weighted by atomic mass is 16.7. The SMILES string of the molecule is CN(Cc1cccc2ccccc12)C(=O)CNC(=O)c1ccc2c(c1)OCO2. The summed E-state index contributed by atoms with van der Waals surface area (Å²) in [5, 5.41) is 4.92. The third-order valence-corrected chi connectivity index (χ3v) is 4.75. The van der Waals surface area contributed by atoms with Crippen LogP contribution in [-0.2, 0) is 11.3 Å². The topological polar surface area (TPSA) is 67.9 Å². The van der Waals surface area contributed by atoms with Gasteiger partial charge in [-0.05, 0) is 34.5 Å². The molecule has 3 aromatic rings. The van der Waals surface area contributed by atoms with Crippen LogP contribution in [0.3, 0.4) is 0 Å². The Hall–Kier alpha value is -3.54. The molecule has 142 valence electrons. The Kier molecular flexibility index (Phi) is 4.85. The quantitative estimate of drug-likeness (QED) is 0.743. The lowest BCUT2D eigenvalue weighted by atomic mass is 10.0. The van der Waals surface area contributed by atoms with Crippen LogP contribution in [-0.4, -0.2) is 37.1 Å². The van der Waals surface area contributed by atoms with Gasteiger partial charge in [0.15, 0.2) is 11.5 Å². The van der Waals surface area contributed by atoms with Gasteiger partial charge in [-0.25, -0.2) is 0 Å². The van der Waals surface area contributed by atoms with Gasteiger partial charge in [-0.1, -0.05) is 42.5 Å². The number of hydrogen-bond donors (Lipinski definition) is 1. The number of benzene rings is 3. The number of hydrogen-bond acceptors (Lipinski definition) is 4. The van der Waals surface area contributed by atoms with E-state index in [0.717, 1.165) is 16.3 Å². The Labute approximate surface area is 162 Å². The molecule has 1 aliphatic heterocycles. The van der Waals surface area contributed by atoms with Crippen molar-refractivity contribution in [1.29, 1.82) is 0 Å². The summed E-state index contributed by atoms with van der Waals surface area (Å²) in [7, 11) is 1.73. The number of nitrogens with one attached hydrogen (secondary N) is 1. The van der Waals surface area contributed by atoms with Gasteiger partial charge < -0.3 is 19.7 Å². The molecule has 0 radical (unpaired) electrons. The van der Waals surface area contributed by atoms with E-state index in [-0.39, 0.29) is 25.2 Å². The van der Waals surface area contributed by atoms with E-state index in [9.17, 15) is 9.59 Å². The number of amides is 2. The molecule has 0 saturated carbocycles. The fourth-order valence-electron chi connectivity index (χ4n) is 3.20. The first-order valence-electron chi connectivity index (χ1n) is 9.00. The van der Waals surface area contributed by atoms with Crippen LogP contribution in [0, 0.1) is 0 Å². The maximum absolute atomic E-state index is 12.5. The van der Waals surface area contributed by atoms with Crippen LogP contribution in [0.5, 0.6) is 11.5 Å². The number of ether oxygens (including phenoxy) is 2. The Morgan fingerprint density at radius 1 is 1.00 bits per heavy atom. The molecule has 1 aliphatic rings. The van der Waals surface area contributed by atoms with E-state index in [2.05, 4.69) is 5.32 Å². The summed E-state index contributed by atoms with van der Waals surface area (Å²) in [6.45, 7) is 0.548. The Morgan fingerprint density at radius 3 is 2.68 bits per heavy atom. The molecule has 0 atom stereocenters. The predicted molar refractivity (Wildman–Crippen MR) is 105 cm³/mol. The number of likely N-dealkylation sites (N-methyl/N-ethyl adjacent to an activating group) is 1. The zero-order valence-corrected chi connectivity index (χ0v) is 15.5. The molecule has 2 amide bonds. The molecule has 6 nitrogen and oxygen atoms in total. The number of rotatable bonds is 5. The minimum atomic E-state index is -0.329. The average molecular weight is 376 g/mol. The molecule has 1 N–H and O–H groups in total. The van der Waals surface area contributed by atoms with Gasteiger partial charge in [-0.2, -0.15) is 0 Å². The fourth-order valence-corrected chi connectivity index (χ4v) is 3.20. The van der Waals surface area contributed by atoms with E-state index in [0.29, 0.717) is 23.6 Å². The third kappa shape index (κ3) is 3.62. The van der Waals surface area contributed by atoms with Gasteiger partial charge in [0, 0.05) is 19.2 Å². The van der Waals surface area contributed by atoms with Crippen LogP contribution in [0.15, 0.2) is 60.7 Å². The maximum atomic E-state index is 12.5. The van der Waals surface area contributed by atoms with Crippen LogP contribution in [0.4, 0.5) is 0 Å². The van der Waals surface area contributed by atoms with Crippen molar-refractivity contribution in [1.82, 2.24) is 10.2 Å². The molecule has 0 saturated heterocycles. The normalized spacial score (nSPS) is 12.0. The van der Waals surface area contributed by atoms with Crippen LogP contribution in [0.1, 0.15) is 15.9 Å². The second-order valence-corrected chi connectivity index (χ2v) is 6.64. The Morgan fingerprint density at radius 2 is 1.79 bits per heavy atom. The summed E-state index contributed by atoms with van der Waals surface area (Å²) >= 11 is 0. The largest absolute Gasteiger partial charge is 0.454 e. The summed E-state index contributed by atoms with van der Waals surface area (Å²) in [6, 6.07) is 19.1. The van der Waals surface area contributed by atoms with Gasteiger partial charge in [0.05, 0.1) is 6.54 Å². The molecule has 28 heavy (non-hydrogen) atoms. The Balaban J connectivity index is 1.37. The van der Waals surface area contributed by atoms with E-state index < -0.39 is 0 Å². The van der Waals surface area contributed by atoms with Crippen LogP contribution in [0.25, 0.3) is 10.8 Å². The van der Waals surface area contributed by atoms with Crippen LogP contribution < -0.4 is 14.8 Å². The highest BCUT2D eigenvalue weighted by Gasteiger charge is 2.17. The predicted octanol–water partition coefficient (Wildman–Crippen LogP) is 2.96. The highest BCUT2D eigenvalue weighted by molar-refractivity contribution is 5.97. The maximum Gasteiger partial charge on any atom is 0.251 e. The molecule has 0 unspecified atom stereocenters. The molecular formula is C22H20N2O4. The number of fused-ring (bicyclic) bond motifs is 2. The van der Waals surface area contributed by atoms with E-state index in [1.165, 1.54) is 0 Å². The molecule has 3 aromatic carbocycles. The summed E-state index contributed by atoms with van der Waals surface area (Å²) in [5.41, 5.74) is 1.49. The molecule has 0 fully saturated rings. The smallest absolute Gasteiger partial charge is 0.251 e. The van der Waals surface area contributed by atoms with Crippen molar-refractivity contribution in [3.63, 3.8) is 0 Å². The Bertz CT molecular complexity index is 1040. The van der Waals surface area contributed by atoms with Crippen molar-refractivity contribution in [3.8, 4) is 11.5 Å². The standard InChI is InChI=1S/C22H20N2O4/c1-24(13-17-7-4-6-15-5-2-3-8-18(15)17)21(25)12-23-22(26)16-9-10-19-20(11-16)28-14-27-19/h2-11H,12-14H2,1H3,(H,23,26). The van der Waals surface area contributed by atoms with Gasteiger partial charge in [-0.15, -0.1) is 0 Å². The van der Waals surface area contributed by atoms with Crippen molar-refractivity contribution < 1.29 is 19.1 Å². The van der Waals surface area contributed by atoms with Gasteiger partial charge >= 0.3 is 0 Å². The second kappa shape index (κ2) is 7.60. The van der Waals surface area contributed by atoms with E-state index in [1.807, 2.05) is 42.5 Å². The summed E-state index contributed by atoms with van der Waals surface area (Å²) in [4.78, 5) is 26.4. The molecule has 0 spiro atoms. The van der Waals surface area contributed by atoms with Crippen LogP contribution in [0.2, 0.25) is 0 Å². The summed E-state index contributed by atoms with van der Waals surface area (Å²) < 4.78 is 10.5. The van der Waals surface area contributed by atoms with Crippen molar-refractivity contribution in [2.45, 2.75) is 6.54 Å². The monoisotopic (exact) mass is 376 g/mol. The van der Waals surface area contributed by atoms with Gasteiger partial charge in [0.25, 0.3) is 5.91 Å². The zero-order valence-electron chi connectivity index (χ0n) is 15.5. The molecule has 0 bridgehead atoms. The molecule has 1 heterocycles. The fraction of sp³-hybridized carbons (Fsp3) is 0.182. The third-order valence-electron chi connectivity index (χ3n) is 4.75. The average Bonchev–Trinajstić information content (AvgIpc) is 3.19. The summed E-state index contributed by atoms with van der Waals surface area (Å²) in [5.74, 6) is 0.654. The first-order valence-corrected chi connectivity index (χ1v) is 9.00.